The highest BCUT2D eigenvalue weighted by Gasteiger charge is 2.34. The maximum Gasteiger partial charge on any atom is 0.123 e. The first-order valence-corrected chi connectivity index (χ1v) is 7.04. The number of rotatable bonds is 5. The van der Waals surface area contributed by atoms with Crippen molar-refractivity contribution in [1.29, 1.82) is 0 Å². The zero-order valence-electron chi connectivity index (χ0n) is 12.3. The quantitative estimate of drug-likeness (QED) is 0.881. The molecule has 0 saturated carbocycles. The Kier molecular flexibility index (Phi) is 4.14. The Balaban J connectivity index is 2.06. The molecule has 1 heterocycles. The Morgan fingerprint density at radius 1 is 1.47 bits per heavy atom. The van der Waals surface area contributed by atoms with E-state index in [9.17, 15) is 4.39 Å². The van der Waals surface area contributed by atoms with Crippen molar-refractivity contribution in [3.63, 3.8) is 0 Å². The van der Waals surface area contributed by atoms with Crippen LogP contribution in [0.3, 0.4) is 0 Å². The summed E-state index contributed by atoms with van der Waals surface area (Å²) < 4.78 is 19.2. The lowest BCUT2D eigenvalue weighted by Gasteiger charge is -2.35. The standard InChI is InChI=1S/C16H24FNO/c1-11(2)16(3,10-18-4)9-14-8-12-7-13(17)5-6-15(12)19-14/h5-7,11,14,18H,8-10H2,1-4H3. The highest BCUT2D eigenvalue weighted by atomic mass is 19.1. The van der Waals surface area contributed by atoms with Gasteiger partial charge in [-0.2, -0.15) is 0 Å². The summed E-state index contributed by atoms with van der Waals surface area (Å²) in [7, 11) is 1.99. The minimum absolute atomic E-state index is 0.164. The van der Waals surface area contributed by atoms with Gasteiger partial charge in [0.05, 0.1) is 0 Å². The summed E-state index contributed by atoms with van der Waals surface area (Å²) in [5.41, 5.74) is 1.19. The molecule has 0 saturated heterocycles. The highest BCUT2D eigenvalue weighted by Crippen LogP contribution is 2.38. The molecule has 106 valence electrons. The number of fused-ring (bicyclic) bond motifs is 1. The number of halogens is 1. The largest absolute Gasteiger partial charge is 0.490 e. The summed E-state index contributed by atoms with van der Waals surface area (Å²) in [5, 5.41) is 3.28. The third-order valence-electron chi connectivity index (χ3n) is 4.43. The first kappa shape index (κ1) is 14.3. The van der Waals surface area contributed by atoms with Crippen LogP contribution in [0.15, 0.2) is 18.2 Å². The third kappa shape index (κ3) is 3.08. The van der Waals surface area contributed by atoms with E-state index in [2.05, 4.69) is 26.1 Å². The van der Waals surface area contributed by atoms with Crippen LogP contribution in [0.4, 0.5) is 4.39 Å². The zero-order chi connectivity index (χ0) is 14.0. The number of benzene rings is 1. The van der Waals surface area contributed by atoms with Gasteiger partial charge in [0.25, 0.3) is 0 Å². The van der Waals surface area contributed by atoms with E-state index in [4.69, 9.17) is 4.74 Å². The number of nitrogens with one attached hydrogen (secondary N) is 1. The topological polar surface area (TPSA) is 21.3 Å². The monoisotopic (exact) mass is 265 g/mol. The normalized spacial score (nSPS) is 21.1. The van der Waals surface area contributed by atoms with Crippen molar-refractivity contribution < 1.29 is 9.13 Å². The molecule has 1 aromatic rings. The minimum Gasteiger partial charge on any atom is -0.490 e. The van der Waals surface area contributed by atoms with Crippen molar-refractivity contribution in [3.8, 4) is 5.75 Å². The van der Waals surface area contributed by atoms with E-state index in [0.29, 0.717) is 5.92 Å². The molecule has 0 aromatic heterocycles. The van der Waals surface area contributed by atoms with Crippen molar-refractivity contribution in [2.24, 2.45) is 11.3 Å². The Morgan fingerprint density at radius 3 is 2.84 bits per heavy atom. The molecule has 1 aromatic carbocycles. The van der Waals surface area contributed by atoms with Crippen molar-refractivity contribution in [3.05, 3.63) is 29.6 Å². The fourth-order valence-electron chi connectivity index (χ4n) is 2.84. The lowest BCUT2D eigenvalue weighted by Crippen LogP contribution is -2.38. The van der Waals surface area contributed by atoms with Gasteiger partial charge in [-0.1, -0.05) is 20.8 Å². The van der Waals surface area contributed by atoms with E-state index in [1.165, 1.54) is 6.07 Å². The van der Waals surface area contributed by atoms with E-state index in [-0.39, 0.29) is 17.3 Å². The Morgan fingerprint density at radius 2 is 2.21 bits per heavy atom. The van der Waals surface area contributed by atoms with Crippen LogP contribution in [0.2, 0.25) is 0 Å². The van der Waals surface area contributed by atoms with Crippen molar-refractivity contribution >= 4 is 0 Å². The molecule has 2 unspecified atom stereocenters. The molecule has 0 spiro atoms. The van der Waals surface area contributed by atoms with Crippen LogP contribution in [0.25, 0.3) is 0 Å². The first-order valence-electron chi connectivity index (χ1n) is 7.04. The first-order chi connectivity index (χ1) is 8.94. The van der Waals surface area contributed by atoms with Gasteiger partial charge in [-0.3, -0.25) is 0 Å². The minimum atomic E-state index is -0.176. The zero-order valence-corrected chi connectivity index (χ0v) is 12.3. The van der Waals surface area contributed by atoms with Crippen LogP contribution in [-0.2, 0) is 6.42 Å². The van der Waals surface area contributed by atoms with Crippen LogP contribution in [-0.4, -0.2) is 19.7 Å². The second-order valence-corrected chi connectivity index (χ2v) is 6.24. The highest BCUT2D eigenvalue weighted by molar-refractivity contribution is 5.37. The average Bonchev–Trinajstić information content (AvgIpc) is 2.70. The number of hydrogen-bond donors (Lipinski definition) is 1. The van der Waals surface area contributed by atoms with Crippen LogP contribution in [0, 0.1) is 17.2 Å². The summed E-state index contributed by atoms with van der Waals surface area (Å²) in [6.07, 6.45) is 1.97. The van der Waals surface area contributed by atoms with Crippen LogP contribution < -0.4 is 10.1 Å². The number of hydrogen-bond acceptors (Lipinski definition) is 2. The molecule has 2 atom stereocenters. The molecule has 1 aliphatic heterocycles. The molecular formula is C16H24FNO. The maximum absolute atomic E-state index is 13.2. The molecular weight excluding hydrogens is 241 g/mol. The van der Waals surface area contributed by atoms with Crippen molar-refractivity contribution in [2.75, 3.05) is 13.6 Å². The molecule has 0 fully saturated rings. The van der Waals surface area contributed by atoms with Gasteiger partial charge in [0.2, 0.25) is 0 Å². The summed E-state index contributed by atoms with van der Waals surface area (Å²) in [5.74, 6) is 1.25. The van der Waals surface area contributed by atoms with E-state index in [1.54, 1.807) is 12.1 Å². The smallest absolute Gasteiger partial charge is 0.123 e. The van der Waals surface area contributed by atoms with Gasteiger partial charge in [0.15, 0.2) is 0 Å². The summed E-state index contributed by atoms with van der Waals surface area (Å²) in [6.45, 7) is 7.76. The summed E-state index contributed by atoms with van der Waals surface area (Å²) in [4.78, 5) is 0. The molecule has 2 rings (SSSR count). The summed E-state index contributed by atoms with van der Waals surface area (Å²) >= 11 is 0. The van der Waals surface area contributed by atoms with Gasteiger partial charge in [-0.25, -0.2) is 4.39 Å². The second-order valence-electron chi connectivity index (χ2n) is 6.24. The predicted octanol–water partition coefficient (Wildman–Crippen LogP) is 3.40. The van der Waals surface area contributed by atoms with Crippen molar-refractivity contribution in [2.45, 2.75) is 39.7 Å². The molecule has 19 heavy (non-hydrogen) atoms. The average molecular weight is 265 g/mol. The van der Waals surface area contributed by atoms with E-state index < -0.39 is 0 Å². The maximum atomic E-state index is 13.2. The fraction of sp³-hybridized carbons (Fsp3) is 0.625. The van der Waals surface area contributed by atoms with Crippen molar-refractivity contribution in [1.82, 2.24) is 5.32 Å². The molecule has 0 aliphatic carbocycles. The SMILES string of the molecule is CNCC(C)(CC1Cc2cc(F)ccc2O1)C(C)C. The fourth-order valence-corrected chi connectivity index (χ4v) is 2.84. The molecule has 3 heteroatoms. The molecule has 0 radical (unpaired) electrons. The molecule has 0 bridgehead atoms. The lowest BCUT2D eigenvalue weighted by atomic mass is 9.74. The van der Waals surface area contributed by atoms with Gasteiger partial charge in [0, 0.05) is 18.5 Å². The van der Waals surface area contributed by atoms with Gasteiger partial charge in [-0.05, 0) is 43.0 Å². The molecule has 1 N–H and O–H groups in total. The van der Waals surface area contributed by atoms with E-state index >= 15 is 0 Å². The Bertz CT molecular complexity index is 446. The van der Waals surface area contributed by atoms with Gasteiger partial charge < -0.3 is 10.1 Å². The lowest BCUT2D eigenvalue weighted by molar-refractivity contribution is 0.108. The van der Waals surface area contributed by atoms with Crippen LogP contribution >= 0.6 is 0 Å². The third-order valence-corrected chi connectivity index (χ3v) is 4.43. The second kappa shape index (κ2) is 5.49. The molecule has 2 nitrogen and oxygen atoms in total. The van der Waals surface area contributed by atoms with E-state index in [1.807, 2.05) is 7.05 Å². The predicted molar refractivity (Wildman–Crippen MR) is 76.0 cm³/mol. The van der Waals surface area contributed by atoms with Gasteiger partial charge in [0.1, 0.15) is 17.7 Å². The van der Waals surface area contributed by atoms with Gasteiger partial charge >= 0.3 is 0 Å². The Labute approximate surface area is 115 Å². The summed E-state index contributed by atoms with van der Waals surface area (Å²) in [6, 6.07) is 4.81. The molecule has 1 aliphatic rings. The van der Waals surface area contributed by atoms with E-state index in [0.717, 1.165) is 30.7 Å². The molecule has 0 amide bonds. The number of ether oxygens (including phenoxy) is 1. The van der Waals surface area contributed by atoms with Crippen LogP contribution in [0.1, 0.15) is 32.8 Å². The van der Waals surface area contributed by atoms with Gasteiger partial charge in [-0.15, -0.1) is 0 Å². The van der Waals surface area contributed by atoms with Crippen LogP contribution in [0.5, 0.6) is 5.75 Å². The Hall–Kier alpha value is -1.09.